The van der Waals surface area contributed by atoms with E-state index in [1.807, 2.05) is 0 Å². The molecule has 1 fully saturated rings. The number of carbonyl (C=O) groups excluding carboxylic acids is 3. The maximum atomic E-state index is 14.6. The van der Waals surface area contributed by atoms with Gasteiger partial charge in [0, 0.05) is 79.9 Å². The van der Waals surface area contributed by atoms with Crippen LogP contribution in [0.1, 0.15) is 84.2 Å². The lowest BCUT2D eigenvalue weighted by Gasteiger charge is -2.38. The van der Waals surface area contributed by atoms with Crippen LogP contribution in [0.15, 0.2) is 42.2 Å². The van der Waals surface area contributed by atoms with Gasteiger partial charge in [-0.05, 0) is 44.7 Å². The van der Waals surface area contributed by atoms with Gasteiger partial charge in [0.05, 0.1) is 41.2 Å². The van der Waals surface area contributed by atoms with Crippen molar-refractivity contribution in [1.29, 1.82) is 0 Å². The third kappa shape index (κ3) is 8.12. The lowest BCUT2D eigenvalue weighted by Crippen LogP contribution is -2.46. The molecule has 1 saturated heterocycles. The lowest BCUT2D eigenvalue weighted by atomic mass is 9.78. The third-order valence-electron chi connectivity index (χ3n) is 12.0. The van der Waals surface area contributed by atoms with Gasteiger partial charge in [0.15, 0.2) is 5.75 Å². The molecule has 56 heavy (non-hydrogen) atoms. The second-order valence-corrected chi connectivity index (χ2v) is 16.1. The van der Waals surface area contributed by atoms with Gasteiger partial charge in [-0.2, -0.15) is 0 Å². The van der Waals surface area contributed by atoms with E-state index >= 15 is 0 Å². The first kappa shape index (κ1) is 42.6. The van der Waals surface area contributed by atoms with Crippen LogP contribution in [-0.2, 0) is 23.8 Å². The summed E-state index contributed by atoms with van der Waals surface area (Å²) in [7, 11) is 1.47. The van der Waals surface area contributed by atoms with Crippen molar-refractivity contribution in [2.75, 3.05) is 30.4 Å². The smallest absolute Gasteiger partial charge is 0.312 e. The molecule has 13 heteroatoms. The van der Waals surface area contributed by atoms with Gasteiger partial charge in [0.2, 0.25) is 0 Å². The molecular formula is C43H58N2O11. The number of phenolic OH excluding ortho intramolecular Hbond substituents is 2. The first-order valence-corrected chi connectivity index (χ1v) is 19.4. The number of piperidine rings is 1. The summed E-state index contributed by atoms with van der Waals surface area (Å²) >= 11 is 0. The Kier molecular flexibility index (Phi) is 12.8. The van der Waals surface area contributed by atoms with E-state index in [1.165, 1.54) is 27.2 Å². The third-order valence-corrected chi connectivity index (χ3v) is 12.0. The fourth-order valence-electron chi connectivity index (χ4n) is 8.15. The molecule has 4 heterocycles. The molecule has 2 aromatic carbocycles. The van der Waals surface area contributed by atoms with Crippen LogP contribution in [0.3, 0.4) is 0 Å². The monoisotopic (exact) mass is 778 g/mol. The highest BCUT2D eigenvalue weighted by molar-refractivity contribution is 6.23. The van der Waals surface area contributed by atoms with Crippen molar-refractivity contribution < 1.29 is 53.8 Å². The molecule has 13 nitrogen and oxygen atoms in total. The number of methoxy groups -OCH3 is 1. The first-order valence-electron chi connectivity index (χ1n) is 19.4. The molecule has 9 atom stereocenters. The number of aliphatic hydroxyl groups is 2. The number of rotatable bonds is 3. The number of amides is 1. The van der Waals surface area contributed by atoms with Crippen LogP contribution in [0.25, 0.3) is 10.8 Å². The summed E-state index contributed by atoms with van der Waals surface area (Å²) in [5.41, 5.74) is 1.21. The maximum absolute atomic E-state index is 14.6. The molecule has 4 aliphatic heterocycles. The lowest BCUT2D eigenvalue weighted by molar-refractivity contribution is -0.160. The number of anilines is 2. The molecule has 0 spiro atoms. The first-order chi connectivity index (χ1) is 26.3. The molecule has 2 aromatic rings. The summed E-state index contributed by atoms with van der Waals surface area (Å²) in [6, 6.07) is 1.63. The predicted molar refractivity (Wildman–Crippen MR) is 213 cm³/mol. The zero-order valence-electron chi connectivity index (χ0n) is 34.1. The molecule has 6 rings (SSSR count). The Morgan fingerprint density at radius 2 is 1.61 bits per heavy atom. The van der Waals surface area contributed by atoms with Gasteiger partial charge in [-0.1, -0.05) is 52.8 Å². The van der Waals surface area contributed by atoms with Crippen LogP contribution < -0.4 is 15.0 Å². The van der Waals surface area contributed by atoms with Gasteiger partial charge in [0.1, 0.15) is 17.6 Å². The number of nitrogens with one attached hydrogen (secondary N) is 1. The molecule has 306 valence electrons. The van der Waals surface area contributed by atoms with E-state index in [1.54, 1.807) is 71.9 Å². The number of aromatic hydroxyl groups is 2. The van der Waals surface area contributed by atoms with Crippen molar-refractivity contribution in [1.82, 2.24) is 0 Å². The van der Waals surface area contributed by atoms with Gasteiger partial charge in [-0.15, -0.1) is 0 Å². The Hall–Kier alpha value is -4.59. The number of Topliss-reactive ketones (excluding diaryl/α,β-unsaturated/α-hetero) is 1. The minimum atomic E-state index is -1.90. The number of carbonyl (C=O) groups is 3. The Balaban J connectivity index is 1.69. The van der Waals surface area contributed by atoms with E-state index in [2.05, 4.69) is 17.1 Å². The molecule has 9 unspecified atom stereocenters. The van der Waals surface area contributed by atoms with Crippen LogP contribution >= 0.6 is 0 Å². The molecule has 0 aromatic heterocycles. The number of hydrogen-bond donors (Lipinski definition) is 5. The van der Waals surface area contributed by atoms with E-state index < -0.39 is 77.3 Å². The molecule has 0 saturated carbocycles. The van der Waals surface area contributed by atoms with Gasteiger partial charge in [0.25, 0.3) is 11.7 Å². The second kappa shape index (κ2) is 16.9. The Bertz CT molecular complexity index is 1930. The number of hydrogen-bond acceptors (Lipinski definition) is 12. The van der Waals surface area contributed by atoms with Gasteiger partial charge >= 0.3 is 11.8 Å². The molecule has 5 bridgehead atoms. The molecule has 0 radical (unpaired) electrons. The van der Waals surface area contributed by atoms with Crippen LogP contribution in [0.2, 0.25) is 0 Å². The average Bonchev–Trinajstić information content (AvgIpc) is 3.43. The standard InChI is InChI=1S/C43H58N2O11/c1-21-14-17-45(18-15-21)30-20-29-38(50)33-32(30)34-40(27(7)37(33)49)56-43(9,41(34)51)54-19-16-31(53-10)24(4)39(55-28(8)46)26(6)36(48)25(5)35(47)22(2)12-11-13-23(3)42(52)44-29/h11-13,16,19-22,24-26,31,35-36,39,47-50H,14-15,17-18H2,1-10H3,(H,44,52). The van der Waals surface area contributed by atoms with E-state index in [4.69, 9.17) is 18.9 Å². The fourth-order valence-corrected chi connectivity index (χ4v) is 8.15. The topological polar surface area (TPSA) is 184 Å². The summed E-state index contributed by atoms with van der Waals surface area (Å²) in [5, 5.41) is 49.4. The van der Waals surface area contributed by atoms with Crippen LogP contribution in [0, 0.1) is 36.5 Å². The van der Waals surface area contributed by atoms with E-state index in [9.17, 15) is 34.8 Å². The van der Waals surface area contributed by atoms with Crippen molar-refractivity contribution in [2.24, 2.45) is 29.6 Å². The van der Waals surface area contributed by atoms with Crippen molar-refractivity contribution in [3.63, 3.8) is 0 Å². The maximum Gasteiger partial charge on any atom is 0.312 e. The van der Waals surface area contributed by atoms with E-state index in [0.29, 0.717) is 24.7 Å². The van der Waals surface area contributed by atoms with Crippen molar-refractivity contribution in [2.45, 2.75) is 105 Å². The minimum absolute atomic E-state index is 0.00146. The number of fused-ring (bicyclic) bond motifs is 14. The van der Waals surface area contributed by atoms with Gasteiger partial charge < -0.3 is 49.6 Å². The summed E-state index contributed by atoms with van der Waals surface area (Å²) in [6.45, 7) is 16.4. The van der Waals surface area contributed by atoms with Gasteiger partial charge in [-0.25, -0.2) is 0 Å². The highest BCUT2D eigenvalue weighted by Gasteiger charge is 2.50. The SMILES string of the molecule is COC1C=COC2(C)Oc3c(C)c(O)c4c(O)c(cc(N5CCC(C)CC5)c4c3C2=O)NC(=O)C(C)=CC=CC(C)C(O)C(C)C(O)C(C)C(OC(C)=O)C1C. The molecule has 4 aliphatic rings. The highest BCUT2D eigenvalue weighted by atomic mass is 16.7. The van der Waals surface area contributed by atoms with Crippen LogP contribution in [0.5, 0.6) is 17.2 Å². The molecule has 1 amide bonds. The van der Waals surface area contributed by atoms with Crippen LogP contribution in [0.4, 0.5) is 11.4 Å². The molecule has 5 N–H and O–H groups in total. The summed E-state index contributed by atoms with van der Waals surface area (Å²) in [5.74, 6) is -5.96. The predicted octanol–water partition coefficient (Wildman–Crippen LogP) is 6.28. The van der Waals surface area contributed by atoms with Crippen molar-refractivity contribution >= 4 is 39.8 Å². The Labute approximate surface area is 328 Å². The number of ketones is 1. The minimum Gasteiger partial charge on any atom is -0.507 e. The highest BCUT2D eigenvalue weighted by Crippen LogP contribution is 2.54. The Morgan fingerprint density at radius 1 is 0.946 bits per heavy atom. The summed E-state index contributed by atoms with van der Waals surface area (Å²) in [4.78, 5) is 42.6. The zero-order chi connectivity index (χ0) is 41.4. The molecular weight excluding hydrogens is 720 g/mol. The number of esters is 1. The Morgan fingerprint density at radius 3 is 2.23 bits per heavy atom. The number of phenols is 2. The second-order valence-electron chi connectivity index (χ2n) is 16.1. The molecule has 0 aliphatic carbocycles. The number of nitrogens with zero attached hydrogens (tertiary/aromatic N) is 1. The van der Waals surface area contributed by atoms with Crippen molar-refractivity contribution in [3.8, 4) is 17.2 Å². The van der Waals surface area contributed by atoms with Gasteiger partial charge in [-0.3, -0.25) is 14.4 Å². The van der Waals surface area contributed by atoms with Crippen molar-refractivity contribution in [3.05, 3.63) is 53.3 Å². The van der Waals surface area contributed by atoms with E-state index in [-0.39, 0.29) is 44.7 Å². The summed E-state index contributed by atoms with van der Waals surface area (Å²) < 4.78 is 23.9. The van der Waals surface area contributed by atoms with E-state index in [0.717, 1.165) is 12.8 Å². The zero-order valence-corrected chi connectivity index (χ0v) is 34.1. The number of allylic oxidation sites excluding steroid dienone is 2. The number of ether oxygens (including phenoxy) is 4. The normalized spacial score (nSPS) is 30.9. The fraction of sp³-hybridized carbons (Fsp3) is 0.558. The largest absolute Gasteiger partial charge is 0.507 e. The number of aliphatic hydroxyl groups excluding tert-OH is 2. The van der Waals surface area contributed by atoms with Crippen LogP contribution in [-0.4, -0.2) is 88.5 Å². The quantitative estimate of drug-likeness (QED) is 0.174. The number of benzene rings is 2. The summed E-state index contributed by atoms with van der Waals surface area (Å²) in [6.07, 6.45) is 5.83. The average molecular weight is 779 g/mol.